The molecule has 1 aliphatic heterocycles. The number of amides is 2. The Labute approximate surface area is 155 Å². The highest BCUT2D eigenvalue weighted by Crippen LogP contribution is 2.30. The molecule has 2 fully saturated rings. The predicted molar refractivity (Wildman–Crippen MR) is 99.4 cm³/mol. The van der Waals surface area contributed by atoms with E-state index < -0.39 is 6.04 Å². The first kappa shape index (κ1) is 18.7. The standard InChI is InChI=1S/C20H29N3O3/c1-15(21)19(24)22-12-6-5-9-18(22)13-23(17-10-11-17)20(25)26-14-16-7-3-2-4-8-16/h2-4,7-8,15,17-18H,5-6,9-14,21H2,1H3/t15-,18?/m0/s1. The number of hydrogen-bond acceptors (Lipinski definition) is 4. The molecule has 6 nitrogen and oxygen atoms in total. The number of hydrogen-bond donors (Lipinski definition) is 1. The summed E-state index contributed by atoms with van der Waals surface area (Å²) in [5, 5.41) is 0. The Morgan fingerprint density at radius 3 is 2.62 bits per heavy atom. The van der Waals surface area contributed by atoms with E-state index in [0.717, 1.165) is 44.2 Å². The Bertz CT molecular complexity index is 616. The lowest BCUT2D eigenvalue weighted by Crippen LogP contribution is -2.54. The third-order valence-corrected chi connectivity index (χ3v) is 5.13. The van der Waals surface area contributed by atoms with Gasteiger partial charge in [-0.05, 0) is 44.6 Å². The molecule has 1 unspecified atom stereocenters. The molecule has 1 heterocycles. The molecule has 1 saturated carbocycles. The van der Waals surface area contributed by atoms with Gasteiger partial charge in [0.1, 0.15) is 6.61 Å². The number of benzene rings is 1. The van der Waals surface area contributed by atoms with Crippen LogP contribution in [0.2, 0.25) is 0 Å². The summed E-state index contributed by atoms with van der Waals surface area (Å²) < 4.78 is 5.54. The van der Waals surface area contributed by atoms with Crippen LogP contribution < -0.4 is 5.73 Å². The Hall–Kier alpha value is -2.08. The van der Waals surface area contributed by atoms with Gasteiger partial charge in [-0.25, -0.2) is 4.79 Å². The summed E-state index contributed by atoms with van der Waals surface area (Å²) in [7, 11) is 0. The SMILES string of the molecule is C[C@H](N)C(=O)N1CCCCC1CN(C(=O)OCc1ccccc1)C1CC1. The zero-order chi connectivity index (χ0) is 18.5. The molecule has 1 aliphatic carbocycles. The molecule has 1 aromatic rings. The molecule has 142 valence electrons. The maximum Gasteiger partial charge on any atom is 0.410 e. The van der Waals surface area contributed by atoms with Crippen LogP contribution in [0.1, 0.15) is 44.6 Å². The highest BCUT2D eigenvalue weighted by atomic mass is 16.6. The van der Waals surface area contributed by atoms with Crippen molar-refractivity contribution >= 4 is 12.0 Å². The summed E-state index contributed by atoms with van der Waals surface area (Å²) in [5.41, 5.74) is 6.78. The molecule has 1 aromatic carbocycles. The zero-order valence-electron chi connectivity index (χ0n) is 15.5. The number of rotatable bonds is 6. The van der Waals surface area contributed by atoms with E-state index in [9.17, 15) is 9.59 Å². The lowest BCUT2D eigenvalue weighted by Gasteiger charge is -2.39. The van der Waals surface area contributed by atoms with Gasteiger partial charge in [-0.1, -0.05) is 30.3 Å². The van der Waals surface area contributed by atoms with Gasteiger partial charge >= 0.3 is 6.09 Å². The largest absolute Gasteiger partial charge is 0.445 e. The molecule has 2 N–H and O–H groups in total. The summed E-state index contributed by atoms with van der Waals surface area (Å²) >= 11 is 0. The number of nitrogens with zero attached hydrogens (tertiary/aromatic N) is 2. The van der Waals surface area contributed by atoms with Gasteiger partial charge in [-0.15, -0.1) is 0 Å². The second-order valence-electron chi connectivity index (χ2n) is 7.39. The monoisotopic (exact) mass is 359 g/mol. The van der Waals surface area contributed by atoms with Gasteiger partial charge in [0, 0.05) is 25.2 Å². The molecule has 3 rings (SSSR count). The van der Waals surface area contributed by atoms with Gasteiger partial charge in [-0.2, -0.15) is 0 Å². The van der Waals surface area contributed by atoms with E-state index in [4.69, 9.17) is 10.5 Å². The van der Waals surface area contributed by atoms with Crippen molar-refractivity contribution in [3.8, 4) is 0 Å². The van der Waals surface area contributed by atoms with Crippen LogP contribution in [-0.4, -0.2) is 53.0 Å². The first-order valence-corrected chi connectivity index (χ1v) is 9.59. The second-order valence-corrected chi connectivity index (χ2v) is 7.39. The molecule has 0 aromatic heterocycles. The number of ether oxygens (including phenoxy) is 1. The van der Waals surface area contributed by atoms with Crippen LogP contribution in [0.4, 0.5) is 4.79 Å². The maximum atomic E-state index is 12.7. The van der Waals surface area contributed by atoms with Gasteiger partial charge in [0.2, 0.25) is 5.91 Å². The van der Waals surface area contributed by atoms with Gasteiger partial charge in [-0.3, -0.25) is 4.79 Å². The Morgan fingerprint density at radius 2 is 1.96 bits per heavy atom. The van der Waals surface area contributed by atoms with Gasteiger partial charge < -0.3 is 20.3 Å². The third-order valence-electron chi connectivity index (χ3n) is 5.13. The number of carbonyl (C=O) groups is 2. The number of carbonyl (C=O) groups excluding carboxylic acids is 2. The molecule has 6 heteroatoms. The first-order chi connectivity index (χ1) is 12.6. The second kappa shape index (κ2) is 8.54. The third kappa shape index (κ3) is 4.75. The number of likely N-dealkylation sites (tertiary alicyclic amines) is 1. The van der Waals surface area contributed by atoms with Crippen LogP contribution in [0.3, 0.4) is 0 Å². The lowest BCUT2D eigenvalue weighted by atomic mass is 10.0. The quantitative estimate of drug-likeness (QED) is 0.847. The minimum Gasteiger partial charge on any atom is -0.445 e. The van der Waals surface area contributed by atoms with E-state index in [-0.39, 0.29) is 30.7 Å². The molecular weight excluding hydrogens is 330 g/mol. The van der Waals surface area contributed by atoms with E-state index in [2.05, 4.69) is 0 Å². The summed E-state index contributed by atoms with van der Waals surface area (Å²) in [5.74, 6) is -0.0249. The normalized spacial score (nSPS) is 21.2. The molecule has 0 spiro atoms. The predicted octanol–water partition coefficient (Wildman–Crippen LogP) is 2.52. The fourth-order valence-electron chi connectivity index (χ4n) is 3.53. The van der Waals surface area contributed by atoms with Gasteiger partial charge in [0.05, 0.1) is 6.04 Å². The molecule has 2 amide bonds. The average molecular weight is 359 g/mol. The average Bonchev–Trinajstić information content (AvgIpc) is 3.49. The Kier molecular flexibility index (Phi) is 6.14. The van der Waals surface area contributed by atoms with E-state index in [1.54, 1.807) is 6.92 Å². The van der Waals surface area contributed by atoms with Crippen molar-refractivity contribution in [3.05, 3.63) is 35.9 Å². The molecule has 0 bridgehead atoms. The molecule has 2 atom stereocenters. The molecule has 26 heavy (non-hydrogen) atoms. The van der Waals surface area contributed by atoms with Crippen LogP contribution >= 0.6 is 0 Å². The van der Waals surface area contributed by atoms with Crippen LogP contribution in [0.5, 0.6) is 0 Å². The van der Waals surface area contributed by atoms with Crippen molar-refractivity contribution < 1.29 is 14.3 Å². The van der Waals surface area contributed by atoms with Crippen molar-refractivity contribution in [2.24, 2.45) is 5.73 Å². The van der Waals surface area contributed by atoms with Crippen LogP contribution in [0, 0.1) is 0 Å². The minimum atomic E-state index is -0.505. The fraction of sp³-hybridized carbons (Fsp3) is 0.600. The van der Waals surface area contributed by atoms with Crippen molar-refractivity contribution in [1.29, 1.82) is 0 Å². The summed E-state index contributed by atoms with van der Waals surface area (Å²) in [6, 6.07) is 9.46. The molecule has 2 aliphatic rings. The Balaban J connectivity index is 1.61. The highest BCUT2D eigenvalue weighted by Gasteiger charge is 2.38. The van der Waals surface area contributed by atoms with E-state index >= 15 is 0 Å². The van der Waals surface area contributed by atoms with Crippen molar-refractivity contribution in [2.45, 2.75) is 63.8 Å². The first-order valence-electron chi connectivity index (χ1n) is 9.59. The summed E-state index contributed by atoms with van der Waals surface area (Å²) in [6.45, 7) is 3.26. The summed E-state index contributed by atoms with van der Waals surface area (Å²) in [6.07, 6.45) is 4.72. The van der Waals surface area contributed by atoms with Crippen molar-refractivity contribution in [2.75, 3.05) is 13.1 Å². The smallest absolute Gasteiger partial charge is 0.410 e. The van der Waals surface area contributed by atoms with Gasteiger partial charge in [0.25, 0.3) is 0 Å². The van der Waals surface area contributed by atoms with Crippen LogP contribution in [0.25, 0.3) is 0 Å². The summed E-state index contributed by atoms with van der Waals surface area (Å²) in [4.78, 5) is 28.8. The number of piperidine rings is 1. The lowest BCUT2D eigenvalue weighted by molar-refractivity contribution is -0.136. The number of nitrogens with two attached hydrogens (primary N) is 1. The molecule has 1 saturated heterocycles. The highest BCUT2D eigenvalue weighted by molar-refractivity contribution is 5.81. The minimum absolute atomic E-state index is 0.0249. The van der Waals surface area contributed by atoms with E-state index in [0.29, 0.717) is 6.54 Å². The van der Waals surface area contributed by atoms with Crippen molar-refractivity contribution in [1.82, 2.24) is 9.80 Å². The Morgan fingerprint density at radius 1 is 1.23 bits per heavy atom. The maximum absolute atomic E-state index is 12.7. The van der Waals surface area contributed by atoms with Crippen LogP contribution in [-0.2, 0) is 16.1 Å². The molecule has 0 radical (unpaired) electrons. The van der Waals surface area contributed by atoms with Crippen LogP contribution in [0.15, 0.2) is 30.3 Å². The molecular formula is C20H29N3O3. The van der Waals surface area contributed by atoms with E-state index in [1.165, 1.54) is 0 Å². The van der Waals surface area contributed by atoms with Crippen molar-refractivity contribution in [3.63, 3.8) is 0 Å². The topological polar surface area (TPSA) is 75.9 Å². The fourth-order valence-corrected chi connectivity index (χ4v) is 3.53. The van der Waals surface area contributed by atoms with Gasteiger partial charge in [0.15, 0.2) is 0 Å². The zero-order valence-corrected chi connectivity index (χ0v) is 15.5. The van der Waals surface area contributed by atoms with E-state index in [1.807, 2.05) is 40.1 Å².